The van der Waals surface area contributed by atoms with Crippen molar-refractivity contribution in [1.82, 2.24) is 0 Å². The maximum Gasteiger partial charge on any atom is 0.228 e. The molecular weight excluding hydrogens is 454 g/mol. The van der Waals surface area contributed by atoms with E-state index >= 15 is 0 Å². The molecule has 1 fully saturated rings. The lowest BCUT2D eigenvalue weighted by Crippen LogP contribution is -2.35. The summed E-state index contributed by atoms with van der Waals surface area (Å²) in [6, 6.07) is 12.8. The monoisotopic (exact) mass is 489 g/mol. The highest BCUT2D eigenvalue weighted by Gasteiger charge is 2.41. The second-order valence-electron chi connectivity index (χ2n) is 10.5. The zero-order valence-corrected chi connectivity index (χ0v) is 21.5. The van der Waals surface area contributed by atoms with Gasteiger partial charge in [0.15, 0.2) is 5.78 Å². The molecule has 5 atom stereocenters. The first-order valence-electron chi connectivity index (χ1n) is 12.8. The van der Waals surface area contributed by atoms with Gasteiger partial charge in [-0.1, -0.05) is 39.0 Å². The van der Waals surface area contributed by atoms with Crippen LogP contribution < -0.4 is 10.1 Å². The third kappa shape index (κ3) is 5.43. The maximum absolute atomic E-state index is 13.2. The first-order valence-corrected chi connectivity index (χ1v) is 12.8. The molecule has 0 radical (unpaired) electrons. The smallest absolute Gasteiger partial charge is 0.228 e. The van der Waals surface area contributed by atoms with Crippen molar-refractivity contribution in [3.05, 3.63) is 59.2 Å². The molecule has 1 saturated carbocycles. The third-order valence-corrected chi connectivity index (χ3v) is 8.29. The van der Waals surface area contributed by atoms with Crippen LogP contribution in [0, 0.1) is 29.6 Å². The summed E-state index contributed by atoms with van der Waals surface area (Å²) in [5.74, 6) is 0.310. The van der Waals surface area contributed by atoms with Crippen molar-refractivity contribution < 1.29 is 23.9 Å². The van der Waals surface area contributed by atoms with Gasteiger partial charge in [-0.2, -0.15) is 0 Å². The number of fused-ring (bicyclic) bond motifs is 1. The van der Waals surface area contributed by atoms with Crippen LogP contribution in [0.4, 0.5) is 5.69 Å². The molecule has 2 aliphatic carbocycles. The molecule has 6 nitrogen and oxygen atoms in total. The predicted octanol–water partition coefficient (Wildman–Crippen LogP) is 5.08. The van der Waals surface area contributed by atoms with Crippen molar-refractivity contribution in [2.24, 2.45) is 29.6 Å². The molecule has 1 N–H and O–H groups in total. The fourth-order valence-corrected chi connectivity index (χ4v) is 5.72. The first-order chi connectivity index (χ1) is 17.2. The average molecular weight is 490 g/mol. The van der Waals surface area contributed by atoms with E-state index in [-0.39, 0.29) is 59.3 Å². The molecule has 2 aromatic rings. The fraction of sp³-hybridized carbons (Fsp3) is 0.467. The molecule has 0 heterocycles. The van der Waals surface area contributed by atoms with E-state index in [1.165, 1.54) is 0 Å². The van der Waals surface area contributed by atoms with Crippen LogP contribution in [0.5, 0.6) is 5.75 Å². The van der Waals surface area contributed by atoms with Crippen molar-refractivity contribution in [3.8, 4) is 5.75 Å². The minimum Gasteiger partial charge on any atom is -0.497 e. The van der Waals surface area contributed by atoms with Crippen molar-refractivity contribution in [3.63, 3.8) is 0 Å². The minimum absolute atomic E-state index is 0.0113. The highest BCUT2D eigenvalue weighted by atomic mass is 16.5. The highest BCUT2D eigenvalue weighted by molar-refractivity contribution is 5.99. The summed E-state index contributed by atoms with van der Waals surface area (Å²) in [5.41, 5.74) is 3.19. The Kier molecular flexibility index (Phi) is 7.72. The molecule has 0 aromatic heterocycles. The van der Waals surface area contributed by atoms with Gasteiger partial charge in [-0.15, -0.1) is 0 Å². The molecule has 0 aliphatic heterocycles. The Labute approximate surface area is 212 Å². The van der Waals surface area contributed by atoms with Crippen LogP contribution in [-0.2, 0) is 27.2 Å². The van der Waals surface area contributed by atoms with Crippen LogP contribution in [0.15, 0.2) is 42.5 Å². The number of Topliss-reactive ketones (excluding diaryl/α,β-unsaturated/α-hetero) is 3. The quantitative estimate of drug-likeness (QED) is 0.572. The van der Waals surface area contributed by atoms with Crippen molar-refractivity contribution in [2.75, 3.05) is 12.4 Å². The van der Waals surface area contributed by atoms with E-state index in [0.29, 0.717) is 36.9 Å². The van der Waals surface area contributed by atoms with Gasteiger partial charge >= 0.3 is 0 Å². The lowest BCUT2D eigenvalue weighted by molar-refractivity contribution is -0.132. The van der Waals surface area contributed by atoms with Crippen LogP contribution in [0.1, 0.15) is 61.5 Å². The molecular formula is C30H35NO5. The Morgan fingerprint density at radius 1 is 1.03 bits per heavy atom. The zero-order valence-electron chi connectivity index (χ0n) is 21.5. The fourth-order valence-electron chi connectivity index (χ4n) is 5.72. The van der Waals surface area contributed by atoms with Crippen molar-refractivity contribution in [1.29, 1.82) is 0 Å². The summed E-state index contributed by atoms with van der Waals surface area (Å²) in [5, 5.41) is 2.90. The molecule has 2 aromatic carbocycles. The molecule has 5 unspecified atom stereocenters. The van der Waals surface area contributed by atoms with E-state index in [9.17, 15) is 19.2 Å². The number of rotatable bonds is 6. The van der Waals surface area contributed by atoms with E-state index in [0.717, 1.165) is 16.9 Å². The average Bonchev–Trinajstić information content (AvgIpc) is 2.95. The van der Waals surface area contributed by atoms with Gasteiger partial charge in [-0.25, -0.2) is 0 Å². The number of methoxy groups -OCH3 is 1. The van der Waals surface area contributed by atoms with Gasteiger partial charge in [0.2, 0.25) is 5.91 Å². The SMILES string of the molecule is COc1ccc(NC(=O)Cc2ccc3c(c2)CC(C(C)C2CCC(=O)C(C)C(C)C2=O)CC3=O)cc1. The molecule has 36 heavy (non-hydrogen) atoms. The molecule has 1 amide bonds. The van der Waals surface area contributed by atoms with Crippen LogP contribution in [0.25, 0.3) is 0 Å². The number of carbonyl (C=O) groups excluding carboxylic acids is 4. The Morgan fingerprint density at radius 3 is 2.44 bits per heavy atom. The molecule has 6 heteroatoms. The normalized spacial score (nSPS) is 25.1. The summed E-state index contributed by atoms with van der Waals surface area (Å²) in [4.78, 5) is 51.2. The Bertz CT molecular complexity index is 1170. The number of carbonyl (C=O) groups is 4. The zero-order chi connectivity index (χ0) is 26.0. The first kappa shape index (κ1) is 25.8. The predicted molar refractivity (Wildman–Crippen MR) is 138 cm³/mol. The van der Waals surface area contributed by atoms with Gasteiger partial charge in [0.05, 0.1) is 13.5 Å². The Balaban J connectivity index is 1.46. The Morgan fingerprint density at radius 2 is 1.75 bits per heavy atom. The lowest BCUT2D eigenvalue weighted by Gasteiger charge is -2.33. The van der Waals surface area contributed by atoms with E-state index in [1.807, 2.05) is 32.0 Å². The van der Waals surface area contributed by atoms with Crippen molar-refractivity contribution >= 4 is 28.9 Å². The number of hydrogen-bond acceptors (Lipinski definition) is 5. The maximum atomic E-state index is 13.2. The van der Waals surface area contributed by atoms with Crippen LogP contribution in [0.3, 0.4) is 0 Å². The van der Waals surface area contributed by atoms with Gasteiger partial charge in [-0.3, -0.25) is 19.2 Å². The number of ketones is 3. The summed E-state index contributed by atoms with van der Waals surface area (Å²) in [7, 11) is 1.59. The van der Waals surface area contributed by atoms with Gasteiger partial charge in [0, 0.05) is 41.8 Å². The Hall–Kier alpha value is -3.28. The second-order valence-corrected chi connectivity index (χ2v) is 10.5. The highest BCUT2D eigenvalue weighted by Crippen LogP contribution is 2.39. The standard InChI is InChI=1S/C30H35NO5/c1-17-18(2)30(35)25(11-12-27(17)32)19(3)21-15-22-13-20(5-10-26(22)28(33)16-21)14-29(34)31-23-6-8-24(36-4)9-7-23/h5-10,13,17-19,21,25H,11-12,14-16H2,1-4H3,(H,31,34). The van der Waals surface area contributed by atoms with Crippen LogP contribution in [0.2, 0.25) is 0 Å². The van der Waals surface area contributed by atoms with E-state index in [1.54, 1.807) is 31.4 Å². The second kappa shape index (κ2) is 10.8. The largest absolute Gasteiger partial charge is 0.497 e. The van der Waals surface area contributed by atoms with Gasteiger partial charge < -0.3 is 10.1 Å². The number of hydrogen-bond donors (Lipinski definition) is 1. The number of amides is 1. The number of ether oxygens (including phenoxy) is 1. The van der Waals surface area contributed by atoms with E-state index in [2.05, 4.69) is 12.2 Å². The van der Waals surface area contributed by atoms with Crippen molar-refractivity contribution in [2.45, 2.75) is 52.9 Å². The molecule has 4 rings (SSSR count). The lowest BCUT2D eigenvalue weighted by atomic mass is 9.69. The van der Waals surface area contributed by atoms with E-state index in [4.69, 9.17) is 4.74 Å². The summed E-state index contributed by atoms with van der Waals surface area (Å²) in [6.45, 7) is 5.77. The molecule has 190 valence electrons. The summed E-state index contributed by atoms with van der Waals surface area (Å²) < 4.78 is 5.15. The summed E-state index contributed by atoms with van der Waals surface area (Å²) >= 11 is 0. The van der Waals surface area contributed by atoms with Gasteiger partial charge in [0.25, 0.3) is 0 Å². The number of benzene rings is 2. The molecule has 0 saturated heterocycles. The van der Waals surface area contributed by atoms with Gasteiger partial charge in [-0.05, 0) is 60.1 Å². The molecule has 2 aliphatic rings. The molecule has 0 bridgehead atoms. The molecule has 0 spiro atoms. The van der Waals surface area contributed by atoms with Gasteiger partial charge in [0.1, 0.15) is 17.3 Å². The summed E-state index contributed by atoms with van der Waals surface area (Å²) in [6.07, 6.45) is 2.30. The number of anilines is 1. The third-order valence-electron chi connectivity index (χ3n) is 8.29. The topological polar surface area (TPSA) is 89.5 Å². The van der Waals surface area contributed by atoms with Crippen LogP contribution in [-0.4, -0.2) is 30.4 Å². The minimum atomic E-state index is -0.283. The van der Waals surface area contributed by atoms with Crippen LogP contribution >= 0.6 is 0 Å². The van der Waals surface area contributed by atoms with E-state index < -0.39 is 0 Å². The number of nitrogens with one attached hydrogen (secondary N) is 1.